The molecule has 3 N–H and O–H groups in total. The summed E-state index contributed by atoms with van der Waals surface area (Å²) in [6.07, 6.45) is 1.78. The molecule has 0 bridgehead atoms. The minimum Gasteiger partial charge on any atom is -0.504 e. The molecular weight excluding hydrogens is 196 g/mol. The summed E-state index contributed by atoms with van der Waals surface area (Å²) in [5.74, 6) is -0.157. The van der Waals surface area contributed by atoms with Crippen molar-refractivity contribution in [1.29, 1.82) is 0 Å². The summed E-state index contributed by atoms with van der Waals surface area (Å²) in [5, 5.41) is 18.3. The van der Waals surface area contributed by atoms with Gasteiger partial charge in [0.1, 0.15) is 0 Å². The Kier molecular flexibility index (Phi) is 3.97. The summed E-state index contributed by atoms with van der Waals surface area (Å²) in [6, 6.07) is 5.74. The lowest BCUT2D eigenvalue weighted by Crippen LogP contribution is -2.04. The highest BCUT2D eigenvalue weighted by atomic mass is 28.3. The van der Waals surface area contributed by atoms with Crippen LogP contribution in [-0.4, -0.2) is 24.0 Å². The lowest BCUT2D eigenvalue weighted by atomic mass is 10.1. The standard InChI is InChI=1S/C10H16O3Si/c1-14(13)6-2-3-8-4-5-9(11)10(12)7-8/h4-5,7,11-14H,2-3,6H2,1H3. The van der Waals surface area contributed by atoms with Crippen LogP contribution in [-0.2, 0) is 6.42 Å². The van der Waals surface area contributed by atoms with Crippen molar-refractivity contribution in [2.45, 2.75) is 25.4 Å². The first kappa shape index (κ1) is 11.1. The molecule has 0 saturated heterocycles. The van der Waals surface area contributed by atoms with Crippen LogP contribution in [0.25, 0.3) is 0 Å². The first-order valence-electron chi connectivity index (χ1n) is 4.78. The Morgan fingerprint density at radius 2 is 1.93 bits per heavy atom. The van der Waals surface area contributed by atoms with E-state index in [9.17, 15) is 9.90 Å². The van der Waals surface area contributed by atoms with Crippen LogP contribution in [0.4, 0.5) is 0 Å². The average molecular weight is 212 g/mol. The molecule has 0 aliphatic carbocycles. The van der Waals surface area contributed by atoms with Crippen LogP contribution in [0, 0.1) is 0 Å². The zero-order chi connectivity index (χ0) is 10.6. The van der Waals surface area contributed by atoms with Gasteiger partial charge < -0.3 is 15.0 Å². The summed E-state index contributed by atoms with van der Waals surface area (Å²) >= 11 is 0. The first-order chi connectivity index (χ1) is 6.59. The van der Waals surface area contributed by atoms with Gasteiger partial charge >= 0.3 is 0 Å². The third kappa shape index (κ3) is 3.39. The van der Waals surface area contributed by atoms with Crippen LogP contribution in [0.2, 0.25) is 12.6 Å². The highest BCUT2D eigenvalue weighted by molar-refractivity contribution is 6.48. The zero-order valence-corrected chi connectivity index (χ0v) is 9.43. The maximum absolute atomic E-state index is 9.22. The Balaban J connectivity index is 2.47. The van der Waals surface area contributed by atoms with Crippen molar-refractivity contribution < 1.29 is 15.0 Å². The summed E-state index contributed by atoms with van der Waals surface area (Å²) in [5.41, 5.74) is 0.995. The normalized spacial score (nSPS) is 12.7. The molecule has 0 fully saturated rings. The second-order valence-electron chi connectivity index (χ2n) is 3.56. The van der Waals surface area contributed by atoms with Crippen LogP contribution in [0.1, 0.15) is 12.0 Å². The van der Waals surface area contributed by atoms with Crippen molar-refractivity contribution >= 4 is 9.04 Å². The minimum absolute atomic E-state index is 0.0724. The van der Waals surface area contributed by atoms with Crippen LogP contribution < -0.4 is 0 Å². The fourth-order valence-electron chi connectivity index (χ4n) is 1.33. The first-order valence-corrected chi connectivity index (χ1v) is 7.27. The number of phenolic OH excluding ortho intramolecular Hbond substituents is 2. The number of rotatable bonds is 4. The Morgan fingerprint density at radius 3 is 2.50 bits per heavy atom. The van der Waals surface area contributed by atoms with Gasteiger partial charge in [-0.25, -0.2) is 0 Å². The van der Waals surface area contributed by atoms with E-state index in [1.807, 2.05) is 6.55 Å². The molecule has 4 heteroatoms. The van der Waals surface area contributed by atoms with Crippen molar-refractivity contribution in [1.82, 2.24) is 0 Å². The Morgan fingerprint density at radius 1 is 1.21 bits per heavy atom. The Bertz CT molecular complexity index is 299. The van der Waals surface area contributed by atoms with Crippen LogP contribution in [0.15, 0.2) is 18.2 Å². The van der Waals surface area contributed by atoms with Crippen molar-refractivity contribution in [2.75, 3.05) is 0 Å². The monoisotopic (exact) mass is 212 g/mol. The predicted molar refractivity (Wildman–Crippen MR) is 58.1 cm³/mol. The van der Waals surface area contributed by atoms with Crippen LogP contribution in [0.5, 0.6) is 11.5 Å². The summed E-state index contributed by atoms with van der Waals surface area (Å²) in [7, 11) is -1.45. The molecule has 0 heterocycles. The van der Waals surface area contributed by atoms with Gasteiger partial charge in [-0.15, -0.1) is 0 Å². The molecule has 14 heavy (non-hydrogen) atoms. The molecule has 1 aromatic carbocycles. The van der Waals surface area contributed by atoms with Gasteiger partial charge in [0.25, 0.3) is 0 Å². The molecule has 0 radical (unpaired) electrons. The van der Waals surface area contributed by atoms with Gasteiger partial charge in [0.15, 0.2) is 20.5 Å². The second-order valence-corrected chi connectivity index (χ2v) is 5.84. The number of aryl methyl sites for hydroxylation is 1. The average Bonchev–Trinajstić information content (AvgIpc) is 2.10. The lowest BCUT2D eigenvalue weighted by Gasteiger charge is -2.04. The number of hydrogen-bond donors (Lipinski definition) is 3. The third-order valence-electron chi connectivity index (χ3n) is 2.13. The van der Waals surface area contributed by atoms with Crippen molar-refractivity contribution in [3.8, 4) is 11.5 Å². The van der Waals surface area contributed by atoms with Gasteiger partial charge in [0.2, 0.25) is 0 Å². The molecule has 0 aliphatic heterocycles. The molecule has 1 rings (SSSR count). The highest BCUT2D eigenvalue weighted by Crippen LogP contribution is 2.25. The molecule has 1 atom stereocenters. The molecule has 0 spiro atoms. The van der Waals surface area contributed by atoms with Gasteiger partial charge in [0, 0.05) is 0 Å². The molecule has 3 nitrogen and oxygen atoms in total. The van der Waals surface area contributed by atoms with Gasteiger partial charge in [-0.3, -0.25) is 0 Å². The number of hydrogen-bond acceptors (Lipinski definition) is 3. The van der Waals surface area contributed by atoms with Gasteiger partial charge in [-0.2, -0.15) is 0 Å². The highest BCUT2D eigenvalue weighted by Gasteiger charge is 2.02. The topological polar surface area (TPSA) is 60.7 Å². The second kappa shape index (κ2) is 5.02. The molecule has 0 aromatic heterocycles. The fourth-order valence-corrected chi connectivity index (χ4v) is 2.12. The van der Waals surface area contributed by atoms with E-state index in [0.717, 1.165) is 24.4 Å². The fraction of sp³-hybridized carbons (Fsp3) is 0.400. The largest absolute Gasteiger partial charge is 0.504 e. The zero-order valence-electron chi connectivity index (χ0n) is 8.27. The van der Waals surface area contributed by atoms with E-state index in [-0.39, 0.29) is 11.5 Å². The number of phenols is 2. The van der Waals surface area contributed by atoms with E-state index in [1.54, 1.807) is 12.1 Å². The van der Waals surface area contributed by atoms with Gasteiger partial charge in [-0.1, -0.05) is 6.07 Å². The van der Waals surface area contributed by atoms with E-state index < -0.39 is 9.04 Å². The smallest absolute Gasteiger partial charge is 0.169 e. The number of aromatic hydroxyl groups is 2. The maximum atomic E-state index is 9.22. The molecule has 0 saturated carbocycles. The van der Waals surface area contributed by atoms with E-state index in [4.69, 9.17) is 5.11 Å². The van der Waals surface area contributed by atoms with Crippen molar-refractivity contribution in [3.63, 3.8) is 0 Å². The molecule has 1 unspecified atom stereocenters. The summed E-state index contributed by atoms with van der Waals surface area (Å²) in [6.45, 7) is 1.90. The molecular formula is C10H16O3Si. The van der Waals surface area contributed by atoms with Gasteiger partial charge in [-0.05, 0) is 43.1 Å². The van der Waals surface area contributed by atoms with E-state index >= 15 is 0 Å². The third-order valence-corrected chi connectivity index (χ3v) is 3.37. The lowest BCUT2D eigenvalue weighted by molar-refractivity contribution is 0.403. The minimum atomic E-state index is -1.45. The molecule has 1 aromatic rings. The molecule has 0 aliphatic rings. The van der Waals surface area contributed by atoms with Crippen LogP contribution >= 0.6 is 0 Å². The van der Waals surface area contributed by atoms with Crippen molar-refractivity contribution in [2.24, 2.45) is 0 Å². The maximum Gasteiger partial charge on any atom is 0.169 e. The van der Waals surface area contributed by atoms with E-state index in [0.29, 0.717) is 0 Å². The molecule has 0 amide bonds. The Labute approximate surface area is 85.4 Å². The SMILES string of the molecule is C[SiH](O)CCCc1ccc(O)c(O)c1. The summed E-state index contributed by atoms with van der Waals surface area (Å²) in [4.78, 5) is 9.18. The van der Waals surface area contributed by atoms with Crippen LogP contribution in [0.3, 0.4) is 0 Å². The predicted octanol–water partition coefficient (Wildman–Crippen LogP) is 1.38. The van der Waals surface area contributed by atoms with E-state index in [2.05, 4.69) is 0 Å². The Hall–Kier alpha value is -1.00. The number of benzene rings is 1. The molecule has 78 valence electrons. The summed E-state index contributed by atoms with van der Waals surface area (Å²) < 4.78 is 0. The van der Waals surface area contributed by atoms with Crippen molar-refractivity contribution in [3.05, 3.63) is 23.8 Å². The van der Waals surface area contributed by atoms with Gasteiger partial charge in [0.05, 0.1) is 0 Å². The quantitative estimate of drug-likeness (QED) is 0.522. The van der Waals surface area contributed by atoms with E-state index in [1.165, 1.54) is 6.07 Å².